The summed E-state index contributed by atoms with van der Waals surface area (Å²) >= 11 is 1.27. The van der Waals surface area contributed by atoms with Crippen LogP contribution in [0.3, 0.4) is 0 Å². The average molecular weight is 614 g/mol. The molecule has 6 rings (SSSR count). The topological polar surface area (TPSA) is 121 Å². The molecule has 11 heteroatoms. The maximum Gasteiger partial charge on any atom is 0.338 e. The molecule has 0 aliphatic carbocycles. The summed E-state index contributed by atoms with van der Waals surface area (Å²) in [7, 11) is 0. The van der Waals surface area contributed by atoms with E-state index in [1.54, 1.807) is 41.8 Å². The quantitative estimate of drug-likeness (QED) is 0.292. The number of allylic oxidation sites excluding steroid dienone is 1. The SMILES string of the molecule is CCCC1=C(C(=O)OCC)[C@@H](c2ccc3c(c2)OCO3)n2c(s/c(=C\c3cc(C)n(-c4ccc(C(=O)O)cc4)c3C)c2=O)=N1. The van der Waals surface area contributed by atoms with E-state index in [4.69, 9.17) is 19.2 Å². The van der Waals surface area contributed by atoms with E-state index >= 15 is 0 Å². The highest BCUT2D eigenvalue weighted by atomic mass is 32.1. The molecular weight excluding hydrogens is 582 g/mol. The van der Waals surface area contributed by atoms with Gasteiger partial charge >= 0.3 is 11.9 Å². The van der Waals surface area contributed by atoms with Gasteiger partial charge in [-0.1, -0.05) is 30.7 Å². The lowest BCUT2D eigenvalue weighted by atomic mass is 9.94. The number of carboxylic acids is 1. The number of nitrogens with zero attached hydrogens (tertiary/aromatic N) is 3. The number of hydrogen-bond acceptors (Lipinski definition) is 8. The third kappa shape index (κ3) is 5.02. The molecule has 4 aromatic rings. The van der Waals surface area contributed by atoms with Crippen LogP contribution in [-0.4, -0.2) is 39.6 Å². The molecule has 4 heterocycles. The van der Waals surface area contributed by atoms with Crippen molar-refractivity contribution in [1.29, 1.82) is 0 Å². The van der Waals surface area contributed by atoms with Gasteiger partial charge in [-0.3, -0.25) is 9.36 Å². The Kier molecular flexibility index (Phi) is 7.73. The molecule has 0 bridgehead atoms. The molecule has 0 spiro atoms. The molecule has 0 saturated heterocycles. The van der Waals surface area contributed by atoms with E-state index in [0.717, 1.165) is 29.1 Å². The number of ether oxygens (including phenoxy) is 3. The normalized spacial score (nSPS) is 15.7. The van der Waals surface area contributed by atoms with Crippen LogP contribution in [0, 0.1) is 13.8 Å². The molecule has 2 aromatic heterocycles. The van der Waals surface area contributed by atoms with Crippen molar-refractivity contribution >= 4 is 29.4 Å². The fraction of sp³-hybridized carbons (Fsp3) is 0.273. The highest BCUT2D eigenvalue weighted by Crippen LogP contribution is 2.39. The third-order valence-electron chi connectivity index (χ3n) is 7.73. The number of carbonyl (C=O) groups excluding carboxylic acids is 1. The predicted molar refractivity (Wildman–Crippen MR) is 164 cm³/mol. The van der Waals surface area contributed by atoms with Gasteiger partial charge in [-0.05, 0) is 86.9 Å². The lowest BCUT2D eigenvalue weighted by molar-refractivity contribution is -0.139. The summed E-state index contributed by atoms with van der Waals surface area (Å²) in [6.07, 6.45) is 3.14. The second-order valence-corrected chi connectivity index (χ2v) is 11.5. The zero-order chi connectivity index (χ0) is 31.1. The Hall–Kier alpha value is -4.90. The number of esters is 1. The first-order valence-corrected chi connectivity index (χ1v) is 15.2. The zero-order valence-electron chi connectivity index (χ0n) is 24.7. The molecule has 0 fully saturated rings. The minimum Gasteiger partial charge on any atom is -0.478 e. The summed E-state index contributed by atoms with van der Waals surface area (Å²) < 4.78 is 20.7. The number of aryl methyl sites for hydroxylation is 1. The van der Waals surface area contributed by atoms with Crippen LogP contribution in [0.4, 0.5) is 0 Å². The van der Waals surface area contributed by atoms with Crippen molar-refractivity contribution < 1.29 is 28.9 Å². The number of fused-ring (bicyclic) bond motifs is 2. The van der Waals surface area contributed by atoms with Gasteiger partial charge in [0, 0.05) is 17.1 Å². The molecule has 1 N–H and O–H groups in total. The van der Waals surface area contributed by atoms with Crippen molar-refractivity contribution in [2.45, 2.75) is 46.6 Å². The molecule has 226 valence electrons. The second kappa shape index (κ2) is 11.6. The number of carbonyl (C=O) groups is 2. The van der Waals surface area contributed by atoms with Gasteiger partial charge in [0.15, 0.2) is 16.3 Å². The summed E-state index contributed by atoms with van der Waals surface area (Å²) in [6.45, 7) is 7.97. The van der Waals surface area contributed by atoms with Crippen LogP contribution in [0.5, 0.6) is 11.5 Å². The summed E-state index contributed by atoms with van der Waals surface area (Å²) in [6, 6.07) is 13.3. The van der Waals surface area contributed by atoms with Crippen molar-refractivity contribution in [2.75, 3.05) is 13.4 Å². The standard InChI is InChI=1S/C33H31N3O7S/c1-5-7-24-28(32(40)41-6-2)29(21-10-13-25-26(15-21)43-17-42-25)36-30(37)27(44-33(36)34-24)16-22-14-18(3)35(19(22)4)23-11-8-20(9-12-23)31(38)39/h8-16,29H,5-7,17H2,1-4H3,(H,38,39)/b27-16-/t29-/m1/s1. The molecular formula is C33H31N3O7S. The van der Waals surface area contributed by atoms with Crippen molar-refractivity contribution in [3.8, 4) is 17.2 Å². The van der Waals surface area contributed by atoms with Gasteiger partial charge in [-0.25, -0.2) is 14.6 Å². The Bertz CT molecular complexity index is 2010. The van der Waals surface area contributed by atoms with Crippen molar-refractivity contribution in [1.82, 2.24) is 9.13 Å². The second-order valence-electron chi connectivity index (χ2n) is 10.5. The van der Waals surface area contributed by atoms with Gasteiger partial charge in [-0.2, -0.15) is 0 Å². The van der Waals surface area contributed by atoms with Gasteiger partial charge in [0.05, 0.1) is 34.0 Å². The molecule has 2 aliphatic heterocycles. The lowest BCUT2D eigenvalue weighted by Gasteiger charge is -2.25. The van der Waals surface area contributed by atoms with Crippen molar-refractivity contribution in [2.24, 2.45) is 4.99 Å². The first-order valence-electron chi connectivity index (χ1n) is 14.4. The Balaban J connectivity index is 1.52. The monoisotopic (exact) mass is 613 g/mol. The number of benzene rings is 2. The molecule has 0 amide bonds. The Labute approximate surface area is 256 Å². The van der Waals surface area contributed by atoms with Gasteiger partial charge in [0.2, 0.25) is 6.79 Å². The number of hydrogen-bond donors (Lipinski definition) is 1. The Morgan fingerprint density at radius 3 is 2.55 bits per heavy atom. The molecule has 2 aromatic carbocycles. The van der Waals surface area contributed by atoms with Crippen LogP contribution >= 0.6 is 11.3 Å². The highest BCUT2D eigenvalue weighted by Gasteiger charge is 2.35. The van der Waals surface area contributed by atoms with E-state index in [2.05, 4.69) is 0 Å². The Morgan fingerprint density at radius 2 is 1.84 bits per heavy atom. The number of carboxylic acid groups (broad SMARTS) is 1. The van der Waals surface area contributed by atoms with Crippen molar-refractivity contribution in [3.05, 3.63) is 108 Å². The highest BCUT2D eigenvalue weighted by molar-refractivity contribution is 7.07. The number of aromatic carboxylic acids is 1. The molecule has 1 atom stereocenters. The Morgan fingerprint density at radius 1 is 1.09 bits per heavy atom. The maximum absolute atomic E-state index is 14.2. The van der Waals surface area contributed by atoms with Crippen LogP contribution in [0.25, 0.3) is 11.8 Å². The smallest absolute Gasteiger partial charge is 0.338 e. The largest absolute Gasteiger partial charge is 0.478 e. The van der Waals surface area contributed by atoms with Crippen LogP contribution in [0.2, 0.25) is 0 Å². The third-order valence-corrected chi connectivity index (χ3v) is 8.72. The molecule has 10 nitrogen and oxygen atoms in total. The average Bonchev–Trinajstić information content (AvgIpc) is 3.67. The summed E-state index contributed by atoms with van der Waals surface area (Å²) in [5.41, 5.74) is 5.05. The first-order chi connectivity index (χ1) is 21.2. The molecule has 0 radical (unpaired) electrons. The van der Waals surface area contributed by atoms with Gasteiger partial charge in [-0.15, -0.1) is 0 Å². The fourth-order valence-electron chi connectivity index (χ4n) is 5.74. The molecule has 0 unspecified atom stereocenters. The van der Waals surface area contributed by atoms with E-state index in [-0.39, 0.29) is 24.5 Å². The molecule has 2 aliphatic rings. The molecule has 44 heavy (non-hydrogen) atoms. The fourth-order valence-corrected chi connectivity index (χ4v) is 6.76. The van der Waals surface area contributed by atoms with E-state index in [9.17, 15) is 19.5 Å². The zero-order valence-corrected chi connectivity index (χ0v) is 25.6. The maximum atomic E-state index is 14.2. The summed E-state index contributed by atoms with van der Waals surface area (Å²) in [5, 5.41) is 9.28. The first kappa shape index (κ1) is 29.2. The summed E-state index contributed by atoms with van der Waals surface area (Å²) in [5.74, 6) is -0.342. The van der Waals surface area contributed by atoms with Gasteiger partial charge in [0.1, 0.15) is 0 Å². The predicted octanol–water partition coefficient (Wildman–Crippen LogP) is 4.41. The van der Waals surface area contributed by atoms with E-state index in [1.807, 2.05) is 49.6 Å². The van der Waals surface area contributed by atoms with Crippen LogP contribution in [0.15, 0.2) is 69.6 Å². The van der Waals surface area contributed by atoms with E-state index in [1.165, 1.54) is 11.3 Å². The molecule has 0 saturated carbocycles. The van der Waals surface area contributed by atoms with E-state index in [0.29, 0.717) is 44.1 Å². The summed E-state index contributed by atoms with van der Waals surface area (Å²) in [4.78, 5) is 44.3. The van der Waals surface area contributed by atoms with Crippen LogP contribution in [0.1, 0.15) is 65.6 Å². The lowest BCUT2D eigenvalue weighted by Crippen LogP contribution is -2.40. The minimum atomic E-state index is -0.985. The van der Waals surface area contributed by atoms with Gasteiger partial charge < -0.3 is 23.9 Å². The number of aromatic nitrogens is 2. The number of rotatable bonds is 8. The van der Waals surface area contributed by atoms with E-state index < -0.39 is 18.0 Å². The van der Waals surface area contributed by atoms with Crippen molar-refractivity contribution in [3.63, 3.8) is 0 Å². The van der Waals surface area contributed by atoms with Crippen LogP contribution < -0.4 is 24.4 Å². The van der Waals surface area contributed by atoms with Gasteiger partial charge in [0.25, 0.3) is 5.56 Å². The minimum absolute atomic E-state index is 0.102. The van der Waals surface area contributed by atoms with Crippen LogP contribution in [-0.2, 0) is 9.53 Å². The number of thiazole rings is 1.